The largest absolute Gasteiger partial charge is 0.416 e. The third-order valence-corrected chi connectivity index (χ3v) is 4.59. The van der Waals surface area contributed by atoms with Gasteiger partial charge in [-0.3, -0.25) is 9.69 Å². The van der Waals surface area contributed by atoms with E-state index in [1.165, 1.54) is 12.1 Å². The zero-order valence-corrected chi connectivity index (χ0v) is 14.3. The molecule has 1 amide bonds. The van der Waals surface area contributed by atoms with Crippen LogP contribution in [0.4, 0.5) is 13.2 Å². The fraction of sp³-hybridized carbons (Fsp3) is 0.611. The summed E-state index contributed by atoms with van der Waals surface area (Å²) < 4.78 is 38.4. The normalized spacial score (nSPS) is 16.7. The summed E-state index contributed by atoms with van der Waals surface area (Å²) in [6, 6.07) is 5.80. The molecule has 2 rings (SSSR count). The highest BCUT2D eigenvalue weighted by atomic mass is 19.4. The van der Waals surface area contributed by atoms with E-state index in [2.05, 4.69) is 4.90 Å². The maximum Gasteiger partial charge on any atom is 0.416 e. The summed E-state index contributed by atoms with van der Waals surface area (Å²) in [6.45, 7) is 3.94. The fourth-order valence-corrected chi connectivity index (χ4v) is 3.19. The molecule has 6 heteroatoms. The van der Waals surface area contributed by atoms with Gasteiger partial charge in [0.05, 0.1) is 5.56 Å². The van der Waals surface area contributed by atoms with Crippen molar-refractivity contribution in [2.24, 2.45) is 0 Å². The van der Waals surface area contributed by atoms with Crippen LogP contribution in [0, 0.1) is 0 Å². The van der Waals surface area contributed by atoms with Gasteiger partial charge in [-0.15, -0.1) is 0 Å². The molecule has 0 unspecified atom stereocenters. The summed E-state index contributed by atoms with van der Waals surface area (Å²) in [4.78, 5) is 15.9. The smallest absolute Gasteiger partial charge is 0.343 e. The van der Waals surface area contributed by atoms with E-state index in [1.807, 2.05) is 18.9 Å². The highest BCUT2D eigenvalue weighted by Gasteiger charge is 2.30. The van der Waals surface area contributed by atoms with Crippen molar-refractivity contribution in [2.45, 2.75) is 51.4 Å². The van der Waals surface area contributed by atoms with Crippen LogP contribution in [-0.2, 0) is 17.5 Å². The zero-order valence-electron chi connectivity index (χ0n) is 14.3. The Morgan fingerprint density at radius 1 is 1.29 bits per heavy atom. The van der Waals surface area contributed by atoms with Crippen LogP contribution < -0.4 is 0 Å². The molecule has 0 radical (unpaired) electrons. The average molecular weight is 342 g/mol. The van der Waals surface area contributed by atoms with E-state index in [0.29, 0.717) is 24.6 Å². The summed E-state index contributed by atoms with van der Waals surface area (Å²) >= 11 is 0. The van der Waals surface area contributed by atoms with Gasteiger partial charge in [-0.2, -0.15) is 13.2 Å². The van der Waals surface area contributed by atoms with Crippen molar-refractivity contribution in [3.05, 3.63) is 35.4 Å². The van der Waals surface area contributed by atoms with Crippen LogP contribution in [0.3, 0.4) is 0 Å². The SMILES string of the molecule is CCCC(=O)N1CCC(N(C)Cc2cccc(C(F)(F)F)c2)CC1. The van der Waals surface area contributed by atoms with Gasteiger partial charge in [0.2, 0.25) is 5.91 Å². The van der Waals surface area contributed by atoms with Gasteiger partial charge in [0.15, 0.2) is 0 Å². The topological polar surface area (TPSA) is 23.6 Å². The number of benzene rings is 1. The second-order valence-electron chi connectivity index (χ2n) is 6.48. The number of rotatable bonds is 5. The van der Waals surface area contributed by atoms with Crippen LogP contribution in [0.5, 0.6) is 0 Å². The standard InChI is InChI=1S/C18H25F3N2O/c1-3-5-17(24)23-10-8-16(9-11-23)22(2)13-14-6-4-7-15(12-14)18(19,20)21/h4,6-7,12,16H,3,5,8-11,13H2,1-2H3. The highest BCUT2D eigenvalue weighted by Crippen LogP contribution is 2.30. The fourth-order valence-electron chi connectivity index (χ4n) is 3.19. The Morgan fingerprint density at radius 3 is 2.54 bits per heavy atom. The molecule has 1 fully saturated rings. The van der Waals surface area contributed by atoms with Gasteiger partial charge in [-0.05, 0) is 37.9 Å². The first-order valence-electron chi connectivity index (χ1n) is 8.45. The molecular weight excluding hydrogens is 317 g/mol. The molecule has 0 spiro atoms. The number of carbonyl (C=O) groups excluding carboxylic acids is 1. The van der Waals surface area contributed by atoms with E-state index in [-0.39, 0.29) is 5.91 Å². The Labute approximate surface area is 141 Å². The third-order valence-electron chi connectivity index (χ3n) is 4.59. The maximum atomic E-state index is 12.8. The lowest BCUT2D eigenvalue weighted by Crippen LogP contribution is -2.45. The third kappa shape index (κ3) is 4.97. The number of nitrogens with zero attached hydrogens (tertiary/aromatic N) is 2. The average Bonchev–Trinajstić information content (AvgIpc) is 2.54. The first-order chi connectivity index (χ1) is 11.3. The minimum absolute atomic E-state index is 0.205. The van der Waals surface area contributed by atoms with Crippen LogP contribution in [0.15, 0.2) is 24.3 Å². The van der Waals surface area contributed by atoms with Gasteiger partial charge < -0.3 is 4.90 Å². The molecule has 3 nitrogen and oxygen atoms in total. The Bertz CT molecular complexity index is 551. The summed E-state index contributed by atoms with van der Waals surface area (Å²) in [5.74, 6) is 0.205. The number of carbonyl (C=O) groups is 1. The number of likely N-dealkylation sites (tertiary alicyclic amines) is 1. The van der Waals surface area contributed by atoms with E-state index < -0.39 is 11.7 Å². The molecule has 1 aromatic rings. The maximum absolute atomic E-state index is 12.8. The van der Waals surface area contributed by atoms with Gasteiger partial charge in [-0.1, -0.05) is 25.1 Å². The number of alkyl halides is 3. The molecule has 134 valence electrons. The molecule has 1 saturated heterocycles. The highest BCUT2D eigenvalue weighted by molar-refractivity contribution is 5.76. The summed E-state index contributed by atoms with van der Waals surface area (Å²) in [6.07, 6.45) is -1.13. The van der Waals surface area contributed by atoms with Crippen LogP contribution >= 0.6 is 0 Å². The van der Waals surface area contributed by atoms with Crippen LogP contribution in [0.25, 0.3) is 0 Å². The summed E-state index contributed by atoms with van der Waals surface area (Å²) in [5.41, 5.74) is 0.0604. The van der Waals surface area contributed by atoms with Gasteiger partial charge >= 0.3 is 6.18 Å². The lowest BCUT2D eigenvalue weighted by molar-refractivity contribution is -0.137. The molecule has 1 aliphatic heterocycles. The molecule has 24 heavy (non-hydrogen) atoms. The lowest BCUT2D eigenvalue weighted by Gasteiger charge is -2.37. The van der Waals surface area contributed by atoms with E-state index in [0.717, 1.165) is 38.4 Å². The van der Waals surface area contributed by atoms with E-state index in [1.54, 1.807) is 6.07 Å². The molecule has 0 aromatic heterocycles. The molecule has 0 aliphatic carbocycles. The van der Waals surface area contributed by atoms with Crippen molar-refractivity contribution in [3.63, 3.8) is 0 Å². The Balaban J connectivity index is 1.90. The van der Waals surface area contributed by atoms with Crippen molar-refractivity contribution in [1.82, 2.24) is 9.80 Å². The number of halogens is 3. The first kappa shape index (κ1) is 18.8. The predicted molar refractivity (Wildman–Crippen MR) is 87.4 cm³/mol. The van der Waals surface area contributed by atoms with Crippen LogP contribution in [0.2, 0.25) is 0 Å². The lowest BCUT2D eigenvalue weighted by atomic mass is 10.0. The molecular formula is C18H25F3N2O. The number of hydrogen-bond donors (Lipinski definition) is 0. The number of hydrogen-bond acceptors (Lipinski definition) is 2. The van der Waals surface area contributed by atoms with Crippen molar-refractivity contribution in [1.29, 1.82) is 0 Å². The molecule has 0 atom stereocenters. The molecule has 0 bridgehead atoms. The predicted octanol–water partition coefficient (Wildman–Crippen LogP) is 3.93. The van der Waals surface area contributed by atoms with Gasteiger partial charge in [0.25, 0.3) is 0 Å². The van der Waals surface area contributed by atoms with Crippen molar-refractivity contribution >= 4 is 5.91 Å². The Morgan fingerprint density at radius 2 is 1.96 bits per heavy atom. The minimum Gasteiger partial charge on any atom is -0.343 e. The second-order valence-corrected chi connectivity index (χ2v) is 6.48. The van der Waals surface area contributed by atoms with Crippen LogP contribution in [0.1, 0.15) is 43.7 Å². The van der Waals surface area contributed by atoms with E-state index >= 15 is 0 Å². The van der Waals surface area contributed by atoms with Gasteiger partial charge in [0.1, 0.15) is 0 Å². The second kappa shape index (κ2) is 8.01. The Hall–Kier alpha value is -1.56. The number of piperidine rings is 1. The van der Waals surface area contributed by atoms with E-state index in [4.69, 9.17) is 0 Å². The molecule has 0 N–H and O–H groups in total. The minimum atomic E-state index is -4.31. The van der Waals surface area contributed by atoms with Crippen molar-refractivity contribution in [2.75, 3.05) is 20.1 Å². The zero-order chi connectivity index (χ0) is 17.7. The van der Waals surface area contributed by atoms with Crippen LogP contribution in [-0.4, -0.2) is 41.9 Å². The monoisotopic (exact) mass is 342 g/mol. The van der Waals surface area contributed by atoms with Gasteiger partial charge in [0, 0.05) is 32.1 Å². The first-order valence-corrected chi connectivity index (χ1v) is 8.45. The number of amides is 1. The van der Waals surface area contributed by atoms with Gasteiger partial charge in [-0.25, -0.2) is 0 Å². The molecule has 1 heterocycles. The van der Waals surface area contributed by atoms with Crippen molar-refractivity contribution < 1.29 is 18.0 Å². The molecule has 1 aliphatic rings. The molecule has 1 aromatic carbocycles. The van der Waals surface area contributed by atoms with E-state index in [9.17, 15) is 18.0 Å². The summed E-state index contributed by atoms with van der Waals surface area (Å²) in [5, 5.41) is 0. The summed E-state index contributed by atoms with van der Waals surface area (Å²) in [7, 11) is 1.94. The molecule has 0 saturated carbocycles. The Kier molecular flexibility index (Phi) is 6.27. The quantitative estimate of drug-likeness (QED) is 0.809. The van der Waals surface area contributed by atoms with Crippen molar-refractivity contribution in [3.8, 4) is 0 Å².